The summed E-state index contributed by atoms with van der Waals surface area (Å²) in [6.45, 7) is 2.63. The number of ether oxygens (including phenoxy) is 3. The number of carbonyl (C=O) groups excluding carboxylic acids is 2. The van der Waals surface area contributed by atoms with Crippen LogP contribution in [0.25, 0.3) is 0 Å². The van der Waals surface area contributed by atoms with Crippen LogP contribution in [0.4, 0.5) is 5.69 Å². The van der Waals surface area contributed by atoms with Gasteiger partial charge in [-0.1, -0.05) is 11.6 Å². The van der Waals surface area contributed by atoms with E-state index in [1.54, 1.807) is 0 Å². The zero-order chi connectivity index (χ0) is 23.2. The van der Waals surface area contributed by atoms with E-state index in [0.717, 1.165) is 0 Å². The number of amides is 2. The summed E-state index contributed by atoms with van der Waals surface area (Å²) >= 11 is 6.25. The maximum atomic E-state index is 13.3. The molecular formula is C21H26ClN3O7S. The third kappa shape index (κ3) is 4.32. The number of piperidine rings is 2. The summed E-state index contributed by atoms with van der Waals surface area (Å²) in [7, 11) is -3.88. The van der Waals surface area contributed by atoms with Gasteiger partial charge in [0.15, 0.2) is 12.4 Å². The molecule has 33 heavy (non-hydrogen) atoms. The number of likely N-dealkylation sites (tertiary alicyclic amines) is 1. The van der Waals surface area contributed by atoms with E-state index >= 15 is 0 Å². The molecule has 0 saturated carbocycles. The molecule has 1 aromatic carbocycles. The molecule has 2 amide bonds. The Balaban J connectivity index is 1.22. The van der Waals surface area contributed by atoms with Crippen molar-refractivity contribution in [3.05, 3.63) is 17.2 Å². The summed E-state index contributed by atoms with van der Waals surface area (Å²) in [5.41, 5.74) is 0.344. The Labute approximate surface area is 197 Å². The third-order valence-corrected chi connectivity index (χ3v) is 9.10. The highest BCUT2D eigenvalue weighted by Crippen LogP contribution is 2.38. The number of benzene rings is 1. The molecule has 0 aliphatic carbocycles. The monoisotopic (exact) mass is 499 g/mol. The Hall–Kier alpha value is -1.92. The van der Waals surface area contributed by atoms with Gasteiger partial charge in [0.2, 0.25) is 15.9 Å². The van der Waals surface area contributed by atoms with Crippen molar-refractivity contribution in [2.45, 2.75) is 36.4 Å². The number of sulfonamides is 1. The fraction of sp³-hybridized carbons (Fsp3) is 0.619. The highest BCUT2D eigenvalue weighted by atomic mass is 35.5. The fourth-order valence-corrected chi connectivity index (χ4v) is 6.86. The van der Waals surface area contributed by atoms with Gasteiger partial charge in [0.1, 0.15) is 10.6 Å². The normalized spacial score (nSPS) is 23.8. The van der Waals surface area contributed by atoms with Crippen LogP contribution >= 0.6 is 11.6 Å². The Morgan fingerprint density at radius 2 is 1.76 bits per heavy atom. The van der Waals surface area contributed by atoms with Gasteiger partial charge in [-0.15, -0.1) is 0 Å². The van der Waals surface area contributed by atoms with Crippen LogP contribution in [0.1, 0.15) is 25.7 Å². The summed E-state index contributed by atoms with van der Waals surface area (Å²) in [5.74, 6) is -0.743. The van der Waals surface area contributed by atoms with Crippen molar-refractivity contribution in [3.8, 4) is 5.75 Å². The van der Waals surface area contributed by atoms with E-state index in [-0.39, 0.29) is 53.1 Å². The zero-order valence-corrected chi connectivity index (χ0v) is 19.6. The number of halogens is 1. The molecule has 0 aromatic heterocycles. The second-order valence-corrected chi connectivity index (χ2v) is 11.0. The quantitative estimate of drug-likeness (QED) is 0.669. The second-order valence-electron chi connectivity index (χ2n) is 8.73. The van der Waals surface area contributed by atoms with Crippen molar-refractivity contribution >= 4 is 39.1 Å². The molecule has 10 nitrogen and oxygen atoms in total. The fourth-order valence-electron chi connectivity index (χ4n) is 4.87. The molecule has 3 saturated heterocycles. The summed E-state index contributed by atoms with van der Waals surface area (Å²) < 4.78 is 44.7. The van der Waals surface area contributed by atoms with Crippen molar-refractivity contribution in [1.29, 1.82) is 0 Å². The van der Waals surface area contributed by atoms with Crippen LogP contribution in [-0.2, 0) is 29.1 Å². The van der Waals surface area contributed by atoms with Crippen LogP contribution in [0.2, 0.25) is 5.02 Å². The average Bonchev–Trinajstić information content (AvgIpc) is 3.26. The molecule has 5 rings (SSSR count). The van der Waals surface area contributed by atoms with E-state index in [4.69, 9.17) is 25.8 Å². The minimum Gasteiger partial charge on any atom is -0.482 e. The summed E-state index contributed by atoms with van der Waals surface area (Å²) in [4.78, 5) is 26.3. The van der Waals surface area contributed by atoms with Gasteiger partial charge in [-0.05, 0) is 18.9 Å². The van der Waals surface area contributed by atoms with Crippen LogP contribution < -0.4 is 10.1 Å². The molecule has 0 unspecified atom stereocenters. The molecule has 1 N–H and O–H groups in total. The van der Waals surface area contributed by atoms with Gasteiger partial charge in [0.05, 0.1) is 23.9 Å². The number of fused-ring (bicyclic) bond motifs is 1. The van der Waals surface area contributed by atoms with Gasteiger partial charge in [-0.25, -0.2) is 8.42 Å². The second kappa shape index (κ2) is 8.70. The summed E-state index contributed by atoms with van der Waals surface area (Å²) in [6, 6.07) is 2.73. The molecule has 12 heteroatoms. The first-order valence-electron chi connectivity index (χ1n) is 11.1. The topological polar surface area (TPSA) is 114 Å². The van der Waals surface area contributed by atoms with E-state index < -0.39 is 15.8 Å². The predicted molar refractivity (Wildman–Crippen MR) is 118 cm³/mol. The van der Waals surface area contributed by atoms with E-state index in [0.29, 0.717) is 57.7 Å². The molecule has 4 aliphatic heterocycles. The van der Waals surface area contributed by atoms with Crippen LogP contribution in [0, 0.1) is 5.92 Å². The lowest BCUT2D eigenvalue weighted by molar-refractivity contribution is -0.188. The van der Waals surface area contributed by atoms with Crippen molar-refractivity contribution in [2.75, 3.05) is 51.3 Å². The van der Waals surface area contributed by atoms with E-state index in [1.165, 1.54) is 16.4 Å². The van der Waals surface area contributed by atoms with Crippen LogP contribution in [0.3, 0.4) is 0 Å². The number of anilines is 1. The minimum atomic E-state index is -3.88. The van der Waals surface area contributed by atoms with Crippen LogP contribution in [0.5, 0.6) is 5.75 Å². The van der Waals surface area contributed by atoms with Crippen molar-refractivity contribution in [1.82, 2.24) is 9.21 Å². The Morgan fingerprint density at radius 3 is 2.42 bits per heavy atom. The molecule has 4 aliphatic rings. The van der Waals surface area contributed by atoms with E-state index in [9.17, 15) is 18.0 Å². The number of hydrogen-bond acceptors (Lipinski definition) is 7. The van der Waals surface area contributed by atoms with Gasteiger partial charge in [-0.2, -0.15) is 4.31 Å². The largest absolute Gasteiger partial charge is 0.482 e. The molecule has 3 fully saturated rings. The molecule has 0 atom stereocenters. The van der Waals surface area contributed by atoms with Crippen molar-refractivity contribution in [3.63, 3.8) is 0 Å². The van der Waals surface area contributed by atoms with Crippen LogP contribution in [0.15, 0.2) is 17.0 Å². The SMILES string of the molecule is O=C1COc2cc(S(=O)(=O)N3CCC(C(=O)N4CCC5(CC4)OCCO5)CC3)c(Cl)cc2N1. The van der Waals surface area contributed by atoms with Gasteiger partial charge >= 0.3 is 0 Å². The smallest absolute Gasteiger partial charge is 0.262 e. The van der Waals surface area contributed by atoms with E-state index in [2.05, 4.69) is 5.32 Å². The highest BCUT2D eigenvalue weighted by Gasteiger charge is 2.42. The lowest BCUT2D eigenvalue weighted by Gasteiger charge is -2.40. The van der Waals surface area contributed by atoms with Gasteiger partial charge in [0, 0.05) is 51.0 Å². The maximum Gasteiger partial charge on any atom is 0.262 e. The average molecular weight is 500 g/mol. The number of carbonyl (C=O) groups is 2. The Kier molecular flexibility index (Phi) is 6.02. The lowest BCUT2D eigenvalue weighted by Crippen LogP contribution is -2.50. The number of rotatable bonds is 3. The number of nitrogens with zero attached hydrogens (tertiary/aromatic N) is 2. The predicted octanol–water partition coefficient (Wildman–Crippen LogP) is 1.44. The number of hydrogen-bond donors (Lipinski definition) is 1. The first-order chi connectivity index (χ1) is 15.8. The first kappa shape index (κ1) is 22.9. The van der Waals surface area contributed by atoms with Crippen molar-refractivity contribution < 1.29 is 32.2 Å². The Bertz CT molecular complexity index is 1060. The highest BCUT2D eigenvalue weighted by molar-refractivity contribution is 7.89. The molecule has 0 bridgehead atoms. The van der Waals surface area contributed by atoms with Crippen molar-refractivity contribution in [2.24, 2.45) is 5.92 Å². The molecular weight excluding hydrogens is 474 g/mol. The number of nitrogens with one attached hydrogen (secondary N) is 1. The van der Waals surface area contributed by atoms with Crippen LogP contribution in [-0.4, -0.2) is 81.2 Å². The maximum absolute atomic E-state index is 13.3. The summed E-state index contributed by atoms with van der Waals surface area (Å²) in [5, 5.41) is 2.62. The molecule has 0 radical (unpaired) electrons. The molecule has 4 heterocycles. The molecule has 1 spiro atoms. The molecule has 1 aromatic rings. The van der Waals surface area contributed by atoms with Gasteiger partial charge < -0.3 is 24.4 Å². The van der Waals surface area contributed by atoms with Gasteiger partial charge in [0.25, 0.3) is 5.91 Å². The zero-order valence-electron chi connectivity index (χ0n) is 18.0. The minimum absolute atomic E-state index is 0.0105. The Morgan fingerprint density at radius 1 is 1.09 bits per heavy atom. The first-order valence-corrected chi connectivity index (χ1v) is 12.9. The molecule has 180 valence electrons. The summed E-state index contributed by atoms with van der Waals surface area (Å²) in [6.07, 6.45) is 2.21. The third-order valence-electron chi connectivity index (χ3n) is 6.74. The standard InChI is InChI=1S/C21H26ClN3O7S/c22-15-11-16-17(30-13-19(26)23-16)12-18(15)33(28,29)25-5-1-14(2-6-25)20(27)24-7-3-21(4-8-24)31-9-10-32-21/h11-12,14H,1-10,13H2,(H,23,26). The van der Waals surface area contributed by atoms with Gasteiger partial charge in [-0.3, -0.25) is 9.59 Å². The lowest BCUT2D eigenvalue weighted by atomic mass is 9.94. The van der Waals surface area contributed by atoms with E-state index in [1.807, 2.05) is 4.90 Å².